The third kappa shape index (κ3) is 4.33. The second kappa shape index (κ2) is 11.8. The van der Waals surface area contributed by atoms with Gasteiger partial charge in [0.05, 0.1) is 22.1 Å². The van der Waals surface area contributed by atoms with Crippen LogP contribution in [0, 0.1) is 0 Å². The molecule has 5 nitrogen and oxygen atoms in total. The largest absolute Gasteiger partial charge is 0.309 e. The molecule has 0 unspecified atom stereocenters. The normalized spacial score (nSPS) is 12.1. The maximum Gasteiger partial charge on any atom is 0.238 e. The van der Waals surface area contributed by atoms with Crippen LogP contribution in [-0.4, -0.2) is 24.1 Å². The second-order valence-electron chi connectivity index (χ2n) is 15.2. The molecule has 1 aliphatic rings. The van der Waals surface area contributed by atoms with Crippen molar-refractivity contribution in [2.75, 3.05) is 0 Å². The van der Waals surface area contributed by atoms with Gasteiger partial charge < -0.3 is 4.57 Å². The van der Waals surface area contributed by atoms with Crippen molar-refractivity contribution in [3.05, 3.63) is 188 Å². The van der Waals surface area contributed by atoms with Gasteiger partial charge in [0, 0.05) is 43.7 Å². The van der Waals surface area contributed by atoms with E-state index < -0.39 is 0 Å². The van der Waals surface area contributed by atoms with Crippen LogP contribution in [0.15, 0.2) is 188 Å². The van der Waals surface area contributed by atoms with Gasteiger partial charge in [0.1, 0.15) is 0 Å². The first kappa shape index (κ1) is 31.3. The van der Waals surface area contributed by atoms with Gasteiger partial charge in [0.15, 0.2) is 11.6 Å². The molecule has 58 heavy (non-hydrogen) atoms. The Morgan fingerprint density at radius 3 is 1.52 bits per heavy atom. The van der Waals surface area contributed by atoms with Crippen LogP contribution >= 0.6 is 0 Å². The van der Waals surface area contributed by atoms with Crippen molar-refractivity contribution in [3.63, 3.8) is 0 Å². The van der Waals surface area contributed by atoms with Crippen LogP contribution in [0.1, 0.15) is 0 Å². The molecule has 1 aliphatic carbocycles. The Morgan fingerprint density at radius 2 is 0.810 bits per heavy atom. The van der Waals surface area contributed by atoms with E-state index in [4.69, 9.17) is 15.0 Å². The Morgan fingerprint density at radius 1 is 0.293 bits per heavy atom. The Labute approximate surface area is 332 Å². The third-order valence-corrected chi connectivity index (χ3v) is 12.1. The highest BCUT2D eigenvalue weighted by molar-refractivity contribution is 6.38. The van der Waals surface area contributed by atoms with Crippen LogP contribution in [0.4, 0.5) is 0 Å². The maximum atomic E-state index is 5.33. The number of nitrogens with zero attached hydrogens (tertiary/aromatic N) is 5. The van der Waals surface area contributed by atoms with Gasteiger partial charge in [-0.15, -0.1) is 0 Å². The molecule has 0 amide bonds. The minimum atomic E-state index is 0.589. The van der Waals surface area contributed by atoms with Crippen LogP contribution in [0.25, 0.3) is 122 Å². The van der Waals surface area contributed by atoms with Gasteiger partial charge >= 0.3 is 0 Å². The Balaban J connectivity index is 1.09. The molecule has 12 aromatic rings. The number of fused-ring (bicyclic) bond motifs is 2. The summed E-state index contributed by atoms with van der Waals surface area (Å²) in [5.41, 5.74) is 12.4. The van der Waals surface area contributed by atoms with Crippen LogP contribution < -0.4 is 0 Å². The molecule has 0 bridgehead atoms. The maximum absolute atomic E-state index is 5.33. The fraction of sp³-hybridized carbons (Fsp3) is 0. The average molecular weight is 738 g/mol. The van der Waals surface area contributed by atoms with Crippen molar-refractivity contribution in [3.8, 4) is 56.7 Å². The summed E-state index contributed by atoms with van der Waals surface area (Å²) in [5.74, 6) is 1.85. The highest BCUT2D eigenvalue weighted by atomic mass is 15.2. The molecule has 3 heterocycles. The van der Waals surface area contributed by atoms with Crippen LogP contribution in [0.5, 0.6) is 0 Å². The van der Waals surface area contributed by atoms with E-state index in [0.29, 0.717) is 17.6 Å². The van der Waals surface area contributed by atoms with Crippen molar-refractivity contribution in [2.45, 2.75) is 0 Å². The lowest BCUT2D eigenvalue weighted by molar-refractivity contribution is 0.954. The zero-order valence-electron chi connectivity index (χ0n) is 31.1. The molecule has 268 valence electrons. The molecule has 0 spiro atoms. The van der Waals surface area contributed by atoms with Gasteiger partial charge in [-0.3, -0.25) is 4.57 Å². The molecule has 0 saturated heterocycles. The average Bonchev–Trinajstić information content (AvgIpc) is 3.78. The van der Waals surface area contributed by atoms with E-state index in [0.717, 1.165) is 33.4 Å². The highest BCUT2D eigenvalue weighted by Crippen LogP contribution is 2.51. The number of hydrogen-bond acceptors (Lipinski definition) is 3. The summed E-state index contributed by atoms with van der Waals surface area (Å²) in [7, 11) is 0. The molecule has 0 saturated carbocycles. The van der Waals surface area contributed by atoms with E-state index in [1.807, 2.05) is 18.2 Å². The summed E-state index contributed by atoms with van der Waals surface area (Å²) in [6.45, 7) is 0. The topological polar surface area (TPSA) is 48.5 Å². The van der Waals surface area contributed by atoms with E-state index in [1.54, 1.807) is 0 Å². The monoisotopic (exact) mass is 737 g/mol. The number of para-hydroxylation sites is 1. The van der Waals surface area contributed by atoms with Gasteiger partial charge in [-0.2, -0.15) is 9.97 Å². The van der Waals surface area contributed by atoms with Crippen LogP contribution in [-0.2, 0) is 0 Å². The first-order valence-electron chi connectivity index (χ1n) is 19.7. The smallest absolute Gasteiger partial charge is 0.238 e. The molecule has 0 atom stereocenters. The predicted molar refractivity (Wildman–Crippen MR) is 239 cm³/mol. The molecule has 0 radical (unpaired) electrons. The number of rotatable bonds is 5. The summed E-state index contributed by atoms with van der Waals surface area (Å²) in [5, 5.41) is 9.93. The molecule has 0 fully saturated rings. The minimum absolute atomic E-state index is 0.589. The molecular weight excluding hydrogens is 707 g/mol. The van der Waals surface area contributed by atoms with Crippen molar-refractivity contribution in [2.24, 2.45) is 0 Å². The molecular formula is C53H31N5. The third-order valence-electron chi connectivity index (χ3n) is 12.1. The quantitative estimate of drug-likeness (QED) is 0.177. The van der Waals surface area contributed by atoms with E-state index >= 15 is 0 Å². The van der Waals surface area contributed by atoms with E-state index in [-0.39, 0.29) is 0 Å². The fourth-order valence-corrected chi connectivity index (χ4v) is 9.62. The highest BCUT2D eigenvalue weighted by Gasteiger charge is 2.28. The van der Waals surface area contributed by atoms with Crippen LogP contribution in [0.3, 0.4) is 0 Å². The Bertz CT molecular complexity index is 3650. The van der Waals surface area contributed by atoms with Crippen molar-refractivity contribution >= 4 is 65.2 Å². The standard InChI is InChI=1S/C53H31N5/c1-3-13-35(14-4-1)51-54-52(36-26-24-33(25-27-36)39-19-9-15-32-12-7-8-18-38(32)39)56-53(55-51)58-43-23-11-21-41-40-20-10-22-42-47(40)49-44(57(42)37-16-5-2-6-17-37)30-28-34-29-31-45(58)50(46(34)49)48(41)43/h1-31H. The lowest BCUT2D eigenvalue weighted by Gasteiger charge is -2.12. The summed E-state index contributed by atoms with van der Waals surface area (Å²) in [4.78, 5) is 15.7. The lowest BCUT2D eigenvalue weighted by atomic mass is 9.97. The summed E-state index contributed by atoms with van der Waals surface area (Å²) in [6, 6.07) is 67.1. The van der Waals surface area contributed by atoms with Gasteiger partial charge in [0.25, 0.3) is 0 Å². The summed E-state index contributed by atoms with van der Waals surface area (Å²) < 4.78 is 4.68. The molecule has 0 aliphatic heterocycles. The molecule has 3 aromatic heterocycles. The van der Waals surface area contributed by atoms with Crippen LogP contribution in [0.2, 0.25) is 0 Å². The zero-order valence-corrected chi connectivity index (χ0v) is 31.1. The van der Waals surface area contributed by atoms with Crippen molar-refractivity contribution in [1.82, 2.24) is 24.1 Å². The molecule has 9 aromatic carbocycles. The summed E-state index contributed by atoms with van der Waals surface area (Å²) >= 11 is 0. The van der Waals surface area contributed by atoms with E-state index in [1.165, 1.54) is 70.8 Å². The van der Waals surface area contributed by atoms with E-state index in [9.17, 15) is 0 Å². The zero-order chi connectivity index (χ0) is 37.9. The Hall–Kier alpha value is -7.89. The number of aromatic nitrogens is 5. The number of benzene rings is 9. The first-order chi connectivity index (χ1) is 28.8. The van der Waals surface area contributed by atoms with Gasteiger partial charge in [-0.25, -0.2) is 4.98 Å². The molecule has 13 rings (SSSR count). The van der Waals surface area contributed by atoms with Gasteiger partial charge in [0.2, 0.25) is 5.95 Å². The number of hydrogen-bond donors (Lipinski definition) is 0. The lowest BCUT2D eigenvalue weighted by Crippen LogP contribution is -2.06. The van der Waals surface area contributed by atoms with Gasteiger partial charge in [-0.05, 0) is 74.8 Å². The summed E-state index contributed by atoms with van der Waals surface area (Å²) in [6.07, 6.45) is 0. The first-order valence-corrected chi connectivity index (χ1v) is 19.7. The van der Waals surface area contributed by atoms with Crippen molar-refractivity contribution in [1.29, 1.82) is 0 Å². The Kier molecular flexibility index (Phi) is 6.38. The molecule has 5 heteroatoms. The van der Waals surface area contributed by atoms with Gasteiger partial charge in [-0.1, -0.05) is 152 Å². The predicted octanol–water partition coefficient (Wildman–Crippen LogP) is 13.4. The van der Waals surface area contributed by atoms with Crippen molar-refractivity contribution < 1.29 is 0 Å². The minimum Gasteiger partial charge on any atom is -0.309 e. The fourth-order valence-electron chi connectivity index (χ4n) is 9.62. The second-order valence-corrected chi connectivity index (χ2v) is 15.2. The molecule has 0 N–H and O–H groups in total. The van der Waals surface area contributed by atoms with E-state index in [2.05, 4.69) is 179 Å². The SMILES string of the molecule is c1ccc(-c2nc(-c3ccc(-c4cccc5ccccc45)cc3)nc(-n3c4cccc5c4c4c6c(ccc7c6c6c-5cccc6n7-c5ccccc5)ccc43)n2)cc1.